The number of aromatic amines is 1. The zero-order valence-electron chi connectivity index (χ0n) is 8.29. The van der Waals surface area contributed by atoms with E-state index in [1.54, 1.807) is 0 Å². The number of aliphatic hydroxyl groups excluding tert-OH is 1. The average Bonchev–Trinajstić information content (AvgIpc) is 2.59. The van der Waals surface area contributed by atoms with E-state index in [0.717, 1.165) is 0 Å². The number of hydrogen-bond donors (Lipinski definition) is 3. The van der Waals surface area contributed by atoms with Crippen molar-refractivity contribution < 1.29 is 9.84 Å². The second-order valence-corrected chi connectivity index (χ2v) is 3.38. The van der Waals surface area contributed by atoms with Gasteiger partial charge in [0.25, 0.3) is 5.56 Å². The summed E-state index contributed by atoms with van der Waals surface area (Å²) in [4.78, 5) is 24.4. The predicted molar refractivity (Wildman–Crippen MR) is 54.6 cm³/mol. The minimum atomic E-state index is -0.693. The number of ether oxygens (including phenoxy) is 1. The first kappa shape index (κ1) is 10.7. The molecule has 2 rings (SSSR count). The van der Waals surface area contributed by atoms with Gasteiger partial charge in [-0.3, -0.25) is 14.3 Å². The van der Waals surface area contributed by atoms with Gasteiger partial charge in [0, 0.05) is 18.0 Å². The van der Waals surface area contributed by atoms with Crippen LogP contribution in [0.25, 0.3) is 0 Å². The Morgan fingerprint density at radius 1 is 1.56 bits per heavy atom. The number of nitrogens with two attached hydrogens (primary N) is 1. The minimum absolute atomic E-state index is 0.253. The predicted octanol–water partition coefficient (Wildman–Crippen LogP) is -1.73. The number of H-pyrrole nitrogens is 1. The van der Waals surface area contributed by atoms with E-state index < -0.39 is 23.6 Å². The van der Waals surface area contributed by atoms with Crippen LogP contribution in [0.15, 0.2) is 33.6 Å². The number of hydrogen-bond acceptors (Lipinski definition) is 5. The summed E-state index contributed by atoms with van der Waals surface area (Å²) in [7, 11) is 0. The molecule has 0 radical (unpaired) electrons. The molecule has 4 N–H and O–H groups in total. The summed E-state index contributed by atoms with van der Waals surface area (Å²) in [6.07, 6.45) is 1.53. The summed E-state index contributed by atoms with van der Waals surface area (Å²) in [6, 6.07) is 1.21. The van der Waals surface area contributed by atoms with Crippen molar-refractivity contribution in [2.24, 2.45) is 5.73 Å². The fourth-order valence-electron chi connectivity index (χ4n) is 1.48. The normalized spacial score (nSPS) is 24.4. The zero-order chi connectivity index (χ0) is 11.7. The summed E-state index contributed by atoms with van der Waals surface area (Å²) in [5, 5.41) is 8.92. The molecule has 0 aromatic carbocycles. The molecule has 1 aliphatic heterocycles. The molecule has 0 saturated carbocycles. The molecule has 1 aromatic heterocycles. The molecule has 2 heterocycles. The van der Waals surface area contributed by atoms with Gasteiger partial charge in [0.1, 0.15) is 6.10 Å². The third kappa shape index (κ3) is 1.77. The third-order valence-electron chi connectivity index (χ3n) is 2.30. The summed E-state index contributed by atoms with van der Waals surface area (Å²) < 4.78 is 6.49. The van der Waals surface area contributed by atoms with Crippen LogP contribution in [-0.2, 0) is 4.74 Å². The van der Waals surface area contributed by atoms with Gasteiger partial charge in [0.15, 0.2) is 6.23 Å². The van der Waals surface area contributed by atoms with Crippen LogP contribution >= 0.6 is 0 Å². The molecule has 2 atom stereocenters. The van der Waals surface area contributed by atoms with Crippen LogP contribution in [0.3, 0.4) is 0 Å². The van der Waals surface area contributed by atoms with Crippen molar-refractivity contribution in [2.45, 2.75) is 12.3 Å². The Balaban J connectivity index is 2.34. The van der Waals surface area contributed by atoms with Gasteiger partial charge >= 0.3 is 5.69 Å². The molecule has 86 valence electrons. The standard InChI is InChI=1S/C9H11N3O4/c10-5-3-8(16-6(5)4-13)12-2-1-7(14)11-9(12)15/h1-3,6,8,13H,4,10H2,(H,11,14,15). The van der Waals surface area contributed by atoms with Crippen molar-refractivity contribution in [3.8, 4) is 0 Å². The van der Waals surface area contributed by atoms with Gasteiger partial charge in [-0.1, -0.05) is 0 Å². The highest BCUT2D eigenvalue weighted by Crippen LogP contribution is 2.22. The van der Waals surface area contributed by atoms with Crippen LogP contribution in [0, 0.1) is 0 Å². The second-order valence-electron chi connectivity index (χ2n) is 3.38. The lowest BCUT2D eigenvalue weighted by Gasteiger charge is -2.14. The van der Waals surface area contributed by atoms with E-state index in [4.69, 9.17) is 15.6 Å². The molecule has 7 heteroatoms. The molecule has 1 aromatic rings. The van der Waals surface area contributed by atoms with Crippen molar-refractivity contribution in [1.29, 1.82) is 0 Å². The topological polar surface area (TPSA) is 110 Å². The first-order valence-electron chi connectivity index (χ1n) is 4.67. The molecule has 0 amide bonds. The maximum atomic E-state index is 11.4. The van der Waals surface area contributed by atoms with E-state index >= 15 is 0 Å². The summed E-state index contributed by atoms with van der Waals surface area (Å²) in [6.45, 7) is -0.253. The van der Waals surface area contributed by atoms with Gasteiger partial charge in [-0.05, 0) is 6.08 Å². The van der Waals surface area contributed by atoms with Crippen LogP contribution in [0.1, 0.15) is 6.23 Å². The Kier molecular flexibility index (Phi) is 2.63. The van der Waals surface area contributed by atoms with Gasteiger partial charge in [-0.2, -0.15) is 0 Å². The van der Waals surface area contributed by atoms with Crippen LogP contribution in [0.2, 0.25) is 0 Å². The van der Waals surface area contributed by atoms with Crippen molar-refractivity contribution in [2.75, 3.05) is 6.61 Å². The van der Waals surface area contributed by atoms with Gasteiger partial charge in [-0.15, -0.1) is 0 Å². The monoisotopic (exact) mass is 225 g/mol. The first-order valence-corrected chi connectivity index (χ1v) is 4.67. The fourth-order valence-corrected chi connectivity index (χ4v) is 1.48. The van der Waals surface area contributed by atoms with Crippen molar-refractivity contribution in [1.82, 2.24) is 9.55 Å². The smallest absolute Gasteiger partial charge is 0.330 e. The maximum absolute atomic E-state index is 11.4. The largest absolute Gasteiger partial charge is 0.400 e. The highest BCUT2D eigenvalue weighted by molar-refractivity contribution is 5.11. The van der Waals surface area contributed by atoms with Crippen molar-refractivity contribution in [3.05, 3.63) is 44.9 Å². The molecule has 0 aliphatic carbocycles. The number of aliphatic hydroxyl groups is 1. The maximum Gasteiger partial charge on any atom is 0.330 e. The van der Waals surface area contributed by atoms with E-state index in [1.807, 2.05) is 0 Å². The minimum Gasteiger partial charge on any atom is -0.400 e. The molecule has 0 spiro atoms. The average molecular weight is 225 g/mol. The number of nitrogens with zero attached hydrogens (tertiary/aromatic N) is 1. The Hall–Kier alpha value is -1.86. The lowest BCUT2D eigenvalue weighted by molar-refractivity contribution is -0.0142. The van der Waals surface area contributed by atoms with Gasteiger partial charge < -0.3 is 15.6 Å². The molecule has 0 fully saturated rings. The molecule has 16 heavy (non-hydrogen) atoms. The Morgan fingerprint density at radius 2 is 2.31 bits per heavy atom. The molecule has 1 aliphatic rings. The number of aromatic nitrogens is 2. The molecule has 0 saturated heterocycles. The van der Waals surface area contributed by atoms with E-state index in [1.165, 1.54) is 22.9 Å². The van der Waals surface area contributed by atoms with Crippen LogP contribution < -0.4 is 17.0 Å². The molecule has 7 nitrogen and oxygen atoms in total. The molecular formula is C9H11N3O4. The van der Waals surface area contributed by atoms with Crippen LogP contribution in [-0.4, -0.2) is 27.4 Å². The van der Waals surface area contributed by atoms with Crippen molar-refractivity contribution in [3.63, 3.8) is 0 Å². The number of nitrogens with one attached hydrogen (secondary N) is 1. The summed E-state index contributed by atoms with van der Waals surface area (Å²) in [5.41, 5.74) is 4.89. The second kappa shape index (κ2) is 3.95. The van der Waals surface area contributed by atoms with Crippen LogP contribution in [0.4, 0.5) is 0 Å². The van der Waals surface area contributed by atoms with Gasteiger partial charge in [0.2, 0.25) is 0 Å². The SMILES string of the molecule is NC1=CC(n2ccc(=O)[nH]c2=O)OC1CO. The lowest BCUT2D eigenvalue weighted by atomic mass is 10.3. The van der Waals surface area contributed by atoms with Crippen molar-refractivity contribution >= 4 is 0 Å². The molecule has 0 bridgehead atoms. The molecule has 2 unspecified atom stereocenters. The Morgan fingerprint density at radius 3 is 2.88 bits per heavy atom. The highest BCUT2D eigenvalue weighted by Gasteiger charge is 2.26. The third-order valence-corrected chi connectivity index (χ3v) is 2.30. The van der Waals surface area contributed by atoms with E-state index in [0.29, 0.717) is 5.70 Å². The van der Waals surface area contributed by atoms with E-state index in [9.17, 15) is 9.59 Å². The van der Waals surface area contributed by atoms with E-state index in [2.05, 4.69) is 4.98 Å². The lowest BCUT2D eigenvalue weighted by Crippen LogP contribution is -2.32. The van der Waals surface area contributed by atoms with Crippen LogP contribution in [0.5, 0.6) is 0 Å². The zero-order valence-corrected chi connectivity index (χ0v) is 8.29. The first-order chi connectivity index (χ1) is 7.61. The summed E-state index contributed by atoms with van der Waals surface area (Å²) in [5.74, 6) is 0. The quantitative estimate of drug-likeness (QED) is 0.554. The highest BCUT2D eigenvalue weighted by atomic mass is 16.5. The molecular weight excluding hydrogens is 214 g/mol. The Labute approximate surface area is 89.8 Å². The van der Waals surface area contributed by atoms with E-state index in [-0.39, 0.29) is 6.61 Å². The Bertz CT molecular complexity index is 530. The summed E-state index contributed by atoms with van der Waals surface area (Å²) >= 11 is 0. The van der Waals surface area contributed by atoms with Gasteiger partial charge in [0.05, 0.1) is 6.61 Å². The number of rotatable bonds is 2. The fraction of sp³-hybridized carbons (Fsp3) is 0.333. The van der Waals surface area contributed by atoms with Gasteiger partial charge in [-0.25, -0.2) is 4.79 Å².